The minimum absolute atomic E-state index is 0.00826. The monoisotopic (exact) mass is 395 g/mol. The van der Waals surface area contributed by atoms with Crippen LogP contribution in [0.2, 0.25) is 0 Å². The molecule has 6 nitrogen and oxygen atoms in total. The maximum atomic E-state index is 12.8. The van der Waals surface area contributed by atoms with Crippen LogP contribution in [0, 0.1) is 11.8 Å². The third kappa shape index (κ3) is 4.75. The highest BCUT2D eigenvalue weighted by molar-refractivity contribution is 5.78. The zero-order valence-electron chi connectivity index (χ0n) is 17.0. The highest BCUT2D eigenvalue weighted by Crippen LogP contribution is 2.31. The zero-order chi connectivity index (χ0) is 20.1. The van der Waals surface area contributed by atoms with Crippen LogP contribution in [0.25, 0.3) is 11.4 Å². The van der Waals surface area contributed by atoms with Gasteiger partial charge in [-0.05, 0) is 44.4 Å². The fourth-order valence-corrected chi connectivity index (χ4v) is 4.23. The second-order valence-electron chi connectivity index (χ2n) is 7.92. The highest BCUT2D eigenvalue weighted by atomic mass is 16.5. The molecule has 0 spiro atoms. The lowest BCUT2D eigenvalue weighted by molar-refractivity contribution is -0.125. The van der Waals surface area contributed by atoms with Gasteiger partial charge in [0.15, 0.2) is 5.82 Å². The number of carbonyl (C=O) groups is 1. The molecule has 1 fully saturated rings. The second kappa shape index (κ2) is 9.35. The summed E-state index contributed by atoms with van der Waals surface area (Å²) in [6.07, 6.45) is 5.21. The van der Waals surface area contributed by atoms with Crippen LogP contribution in [0.4, 0.5) is 0 Å². The Balaban J connectivity index is 1.44. The highest BCUT2D eigenvalue weighted by Gasteiger charge is 2.27. The molecule has 1 unspecified atom stereocenters. The van der Waals surface area contributed by atoms with E-state index in [4.69, 9.17) is 14.5 Å². The molecule has 0 saturated carbocycles. The Kier molecular flexibility index (Phi) is 6.39. The minimum Gasteiger partial charge on any atom is -0.481 e. The smallest absolute Gasteiger partial charge is 0.223 e. The molecule has 1 aromatic heterocycles. The third-order valence-electron chi connectivity index (χ3n) is 6.03. The number of aromatic nitrogens is 2. The second-order valence-corrected chi connectivity index (χ2v) is 7.92. The van der Waals surface area contributed by atoms with Crippen LogP contribution in [0.3, 0.4) is 0 Å². The number of hydrogen-bond acceptors (Lipinski definition) is 5. The number of nitrogens with zero attached hydrogens (tertiary/aromatic N) is 2. The molecule has 6 heteroatoms. The Bertz CT molecular complexity index is 835. The van der Waals surface area contributed by atoms with Crippen molar-refractivity contribution in [1.29, 1.82) is 0 Å². The summed E-state index contributed by atoms with van der Waals surface area (Å²) in [5.41, 5.74) is 3.03. The van der Waals surface area contributed by atoms with E-state index in [0.717, 1.165) is 75.1 Å². The topological polar surface area (TPSA) is 73.3 Å². The number of amides is 1. The van der Waals surface area contributed by atoms with E-state index < -0.39 is 0 Å². The Morgan fingerprint density at radius 1 is 1.10 bits per heavy atom. The van der Waals surface area contributed by atoms with Crippen molar-refractivity contribution in [2.24, 2.45) is 11.8 Å². The largest absolute Gasteiger partial charge is 0.481 e. The molecule has 1 aromatic carbocycles. The standard InChI is InChI=1S/C23H29N3O3/c1-28-23-19-9-7-18(22(27)24-15-16-11-13-29-14-12-16)8-10-20(19)25-21(26-23)17-5-3-2-4-6-17/h2-6,16,18H,7-15H2,1H3,(H,24,27). The van der Waals surface area contributed by atoms with E-state index in [1.165, 1.54) is 0 Å². The number of aryl methyl sites for hydroxylation is 1. The molecule has 4 rings (SSSR count). The van der Waals surface area contributed by atoms with Crippen molar-refractivity contribution in [3.63, 3.8) is 0 Å². The quantitative estimate of drug-likeness (QED) is 0.787. The lowest BCUT2D eigenvalue weighted by atomic mass is 9.97. The molecule has 154 valence electrons. The van der Waals surface area contributed by atoms with Gasteiger partial charge in [0, 0.05) is 36.8 Å². The van der Waals surface area contributed by atoms with E-state index in [9.17, 15) is 4.79 Å². The fourth-order valence-electron chi connectivity index (χ4n) is 4.23. The number of nitrogens with one attached hydrogen (secondary N) is 1. The molecular weight excluding hydrogens is 366 g/mol. The van der Waals surface area contributed by atoms with E-state index >= 15 is 0 Å². The molecule has 1 atom stereocenters. The van der Waals surface area contributed by atoms with Gasteiger partial charge in [-0.25, -0.2) is 4.98 Å². The van der Waals surface area contributed by atoms with Gasteiger partial charge in [0.25, 0.3) is 0 Å². The van der Waals surface area contributed by atoms with Gasteiger partial charge < -0.3 is 14.8 Å². The molecule has 0 radical (unpaired) electrons. The molecule has 1 saturated heterocycles. The molecular formula is C23H29N3O3. The number of carbonyl (C=O) groups excluding carboxylic acids is 1. The summed E-state index contributed by atoms with van der Waals surface area (Å²) in [7, 11) is 1.65. The number of fused-ring (bicyclic) bond motifs is 1. The van der Waals surface area contributed by atoms with E-state index in [1.54, 1.807) is 7.11 Å². The predicted molar refractivity (Wildman–Crippen MR) is 111 cm³/mol. The van der Waals surface area contributed by atoms with Crippen LogP contribution in [0.15, 0.2) is 30.3 Å². The Morgan fingerprint density at radius 2 is 1.86 bits per heavy atom. The first-order valence-corrected chi connectivity index (χ1v) is 10.6. The fraction of sp³-hybridized carbons (Fsp3) is 0.522. The van der Waals surface area contributed by atoms with Crippen molar-refractivity contribution in [3.05, 3.63) is 41.6 Å². The normalized spacial score (nSPS) is 19.8. The number of ether oxygens (including phenoxy) is 2. The maximum Gasteiger partial charge on any atom is 0.223 e. The molecule has 29 heavy (non-hydrogen) atoms. The number of benzene rings is 1. The van der Waals surface area contributed by atoms with Crippen molar-refractivity contribution in [2.75, 3.05) is 26.9 Å². The van der Waals surface area contributed by atoms with Gasteiger partial charge in [-0.15, -0.1) is 0 Å². The van der Waals surface area contributed by atoms with Crippen molar-refractivity contribution in [2.45, 2.75) is 38.5 Å². The van der Waals surface area contributed by atoms with Crippen molar-refractivity contribution >= 4 is 5.91 Å². The summed E-state index contributed by atoms with van der Waals surface area (Å²) in [6.45, 7) is 2.37. The molecule has 2 aliphatic rings. The van der Waals surface area contributed by atoms with E-state index in [1.807, 2.05) is 30.3 Å². The van der Waals surface area contributed by atoms with Gasteiger partial charge in [0.2, 0.25) is 11.8 Å². The SMILES string of the molecule is COc1nc(-c2ccccc2)nc2c1CCC(C(=O)NCC1CCOCC1)CC2. The van der Waals surface area contributed by atoms with Crippen LogP contribution >= 0.6 is 0 Å². The van der Waals surface area contributed by atoms with Crippen molar-refractivity contribution in [1.82, 2.24) is 15.3 Å². The van der Waals surface area contributed by atoms with Crippen LogP contribution in [-0.2, 0) is 22.4 Å². The van der Waals surface area contributed by atoms with Gasteiger partial charge in [-0.3, -0.25) is 4.79 Å². The maximum absolute atomic E-state index is 12.8. The minimum atomic E-state index is 0.00826. The number of hydrogen-bond donors (Lipinski definition) is 1. The summed E-state index contributed by atoms with van der Waals surface area (Å²) in [5, 5.41) is 3.18. The molecule has 1 amide bonds. The first kappa shape index (κ1) is 19.8. The third-order valence-corrected chi connectivity index (χ3v) is 6.03. The zero-order valence-corrected chi connectivity index (χ0v) is 17.0. The average molecular weight is 396 g/mol. The van der Waals surface area contributed by atoms with Crippen molar-refractivity contribution < 1.29 is 14.3 Å². The molecule has 1 aliphatic carbocycles. The summed E-state index contributed by atoms with van der Waals surface area (Å²) in [6, 6.07) is 9.95. The molecule has 1 N–H and O–H groups in total. The van der Waals surface area contributed by atoms with Crippen LogP contribution in [-0.4, -0.2) is 42.7 Å². The Hall–Kier alpha value is -2.47. The predicted octanol–water partition coefficient (Wildman–Crippen LogP) is 3.19. The van der Waals surface area contributed by atoms with Gasteiger partial charge in [-0.2, -0.15) is 4.98 Å². The first-order chi connectivity index (χ1) is 14.2. The van der Waals surface area contributed by atoms with E-state index in [-0.39, 0.29) is 11.8 Å². The summed E-state index contributed by atoms with van der Waals surface area (Å²) in [5.74, 6) is 2.03. The number of rotatable bonds is 5. The van der Waals surface area contributed by atoms with Crippen molar-refractivity contribution in [3.8, 4) is 17.3 Å². The lowest BCUT2D eigenvalue weighted by Crippen LogP contribution is -2.36. The van der Waals surface area contributed by atoms with E-state index in [0.29, 0.717) is 17.6 Å². The van der Waals surface area contributed by atoms with Crippen LogP contribution in [0.1, 0.15) is 36.9 Å². The van der Waals surface area contributed by atoms with Crippen LogP contribution < -0.4 is 10.1 Å². The summed E-state index contributed by atoms with van der Waals surface area (Å²) < 4.78 is 11.0. The average Bonchev–Trinajstić information content (AvgIpc) is 3.01. The molecule has 2 heterocycles. The molecule has 1 aliphatic heterocycles. The van der Waals surface area contributed by atoms with Gasteiger partial charge in [0.1, 0.15) is 0 Å². The Morgan fingerprint density at radius 3 is 2.62 bits per heavy atom. The van der Waals surface area contributed by atoms with Gasteiger partial charge in [0.05, 0.1) is 12.8 Å². The summed E-state index contributed by atoms with van der Waals surface area (Å²) >= 11 is 0. The van der Waals surface area contributed by atoms with E-state index in [2.05, 4.69) is 10.3 Å². The first-order valence-electron chi connectivity index (χ1n) is 10.6. The molecule has 0 bridgehead atoms. The van der Waals surface area contributed by atoms with Crippen LogP contribution in [0.5, 0.6) is 5.88 Å². The molecule has 2 aromatic rings. The summed E-state index contributed by atoms with van der Waals surface area (Å²) in [4.78, 5) is 22.2. The van der Waals surface area contributed by atoms with Gasteiger partial charge >= 0.3 is 0 Å². The Labute approximate surface area is 172 Å². The lowest BCUT2D eigenvalue weighted by Gasteiger charge is -2.23. The van der Waals surface area contributed by atoms with Gasteiger partial charge in [-0.1, -0.05) is 30.3 Å². The number of methoxy groups -OCH3 is 1.